The summed E-state index contributed by atoms with van der Waals surface area (Å²) >= 11 is 0. The topological polar surface area (TPSA) is 101 Å². The number of fused-ring (bicyclic) bond motifs is 1. The number of aromatic nitrogens is 2. The summed E-state index contributed by atoms with van der Waals surface area (Å²) in [6, 6.07) is 1.87. The van der Waals surface area contributed by atoms with E-state index in [0.717, 1.165) is 24.8 Å². The maximum atomic E-state index is 12.8. The molecule has 1 aliphatic carbocycles. The predicted octanol–water partition coefficient (Wildman–Crippen LogP) is 2.49. The molecule has 2 N–H and O–H groups in total. The Balaban J connectivity index is 1.92. The summed E-state index contributed by atoms with van der Waals surface area (Å²) < 4.78 is 1.82. The number of carbonyl (C=O) groups excluding carboxylic acids is 1. The lowest BCUT2D eigenvalue weighted by atomic mass is 9.74. The highest BCUT2D eigenvalue weighted by Crippen LogP contribution is 2.36. The zero-order chi connectivity index (χ0) is 19.6. The molecule has 0 saturated heterocycles. The van der Waals surface area contributed by atoms with Gasteiger partial charge in [0.05, 0.1) is 10.9 Å². The molecule has 27 heavy (non-hydrogen) atoms. The normalized spacial score (nSPS) is 16.2. The SMILES string of the molecule is CCn1cc(C(=O)NCC2(C(=O)O)CCCCC2)c(=O)c2ncc(C)cc21. The molecule has 0 radical (unpaired) electrons. The van der Waals surface area contributed by atoms with E-state index >= 15 is 0 Å². The number of rotatable bonds is 5. The maximum Gasteiger partial charge on any atom is 0.311 e. The molecule has 0 unspecified atom stereocenters. The molecule has 1 saturated carbocycles. The van der Waals surface area contributed by atoms with Gasteiger partial charge in [0.25, 0.3) is 5.91 Å². The standard InChI is InChI=1S/C20H25N3O4/c1-3-23-11-14(17(24)16-15(23)9-13(2)10-21-16)18(25)22-12-20(19(26)27)7-5-4-6-8-20/h9-11H,3-8,12H2,1-2H3,(H,22,25)(H,26,27). The van der Waals surface area contributed by atoms with E-state index in [4.69, 9.17) is 0 Å². The average Bonchev–Trinajstić information content (AvgIpc) is 2.67. The first-order valence-corrected chi connectivity index (χ1v) is 9.39. The zero-order valence-corrected chi connectivity index (χ0v) is 15.7. The van der Waals surface area contributed by atoms with Gasteiger partial charge in [0.2, 0.25) is 5.43 Å². The van der Waals surface area contributed by atoms with Crippen LogP contribution in [0.5, 0.6) is 0 Å². The molecule has 1 aliphatic rings. The Bertz CT molecular complexity index is 942. The number of pyridine rings is 2. The van der Waals surface area contributed by atoms with Crippen LogP contribution in [0.15, 0.2) is 23.3 Å². The second kappa shape index (κ2) is 7.50. The largest absolute Gasteiger partial charge is 0.481 e. The number of aliphatic carboxylic acids is 1. The van der Waals surface area contributed by atoms with Crippen molar-refractivity contribution >= 4 is 22.9 Å². The van der Waals surface area contributed by atoms with Gasteiger partial charge in [0, 0.05) is 25.5 Å². The van der Waals surface area contributed by atoms with Gasteiger partial charge >= 0.3 is 5.97 Å². The molecule has 2 aromatic rings. The molecule has 7 heteroatoms. The number of hydrogen-bond acceptors (Lipinski definition) is 4. The molecule has 3 rings (SSSR count). The van der Waals surface area contributed by atoms with Crippen molar-refractivity contribution in [2.24, 2.45) is 5.41 Å². The van der Waals surface area contributed by atoms with Crippen LogP contribution in [0.25, 0.3) is 11.0 Å². The van der Waals surface area contributed by atoms with E-state index in [9.17, 15) is 19.5 Å². The van der Waals surface area contributed by atoms with E-state index in [1.165, 1.54) is 6.20 Å². The highest BCUT2D eigenvalue weighted by atomic mass is 16.4. The quantitative estimate of drug-likeness (QED) is 0.841. The zero-order valence-electron chi connectivity index (χ0n) is 15.7. The molecule has 144 valence electrons. The Hall–Kier alpha value is -2.70. The molecule has 0 aliphatic heterocycles. The number of carboxylic acids is 1. The van der Waals surface area contributed by atoms with Crippen molar-refractivity contribution in [3.05, 3.63) is 39.8 Å². The number of hydrogen-bond donors (Lipinski definition) is 2. The van der Waals surface area contributed by atoms with E-state index < -0.39 is 22.7 Å². The third-order valence-electron chi connectivity index (χ3n) is 5.50. The molecule has 2 aromatic heterocycles. The minimum atomic E-state index is -0.941. The first-order valence-electron chi connectivity index (χ1n) is 9.39. The van der Waals surface area contributed by atoms with Crippen LogP contribution in [-0.4, -0.2) is 33.1 Å². The van der Waals surface area contributed by atoms with Crippen LogP contribution in [-0.2, 0) is 11.3 Å². The fourth-order valence-electron chi connectivity index (χ4n) is 3.82. The number of aryl methyl sites for hydroxylation is 2. The fourth-order valence-corrected chi connectivity index (χ4v) is 3.82. The van der Waals surface area contributed by atoms with Crippen LogP contribution in [0.1, 0.15) is 54.9 Å². The Kier molecular flexibility index (Phi) is 5.30. The molecule has 7 nitrogen and oxygen atoms in total. The minimum absolute atomic E-state index is 0.00273. The van der Waals surface area contributed by atoms with Gasteiger partial charge in [0.15, 0.2) is 0 Å². The van der Waals surface area contributed by atoms with Crippen molar-refractivity contribution in [1.29, 1.82) is 0 Å². The first-order chi connectivity index (χ1) is 12.9. The lowest BCUT2D eigenvalue weighted by molar-refractivity contribution is -0.150. The van der Waals surface area contributed by atoms with E-state index in [1.54, 1.807) is 6.20 Å². The molecule has 1 amide bonds. The molecule has 2 heterocycles. The molecular formula is C20H25N3O4. The molecule has 1 fully saturated rings. The van der Waals surface area contributed by atoms with Gasteiger partial charge in [-0.25, -0.2) is 0 Å². The lowest BCUT2D eigenvalue weighted by Crippen LogP contribution is -2.45. The van der Waals surface area contributed by atoms with Gasteiger partial charge in [-0.3, -0.25) is 19.4 Å². The summed E-state index contributed by atoms with van der Waals surface area (Å²) in [6.07, 6.45) is 6.91. The maximum absolute atomic E-state index is 12.8. The minimum Gasteiger partial charge on any atom is -0.481 e. The number of carboxylic acid groups (broad SMARTS) is 1. The van der Waals surface area contributed by atoms with Gasteiger partial charge < -0.3 is 15.0 Å². The first kappa shape index (κ1) is 19.1. The van der Waals surface area contributed by atoms with Crippen molar-refractivity contribution in [3.63, 3.8) is 0 Å². The number of carbonyl (C=O) groups is 2. The van der Waals surface area contributed by atoms with Crippen molar-refractivity contribution in [3.8, 4) is 0 Å². The van der Waals surface area contributed by atoms with E-state index in [1.807, 2.05) is 24.5 Å². The monoisotopic (exact) mass is 371 g/mol. The highest BCUT2D eigenvalue weighted by molar-refractivity contribution is 5.97. The Morgan fingerprint density at radius 2 is 2.00 bits per heavy atom. The number of amides is 1. The summed E-state index contributed by atoms with van der Waals surface area (Å²) in [7, 11) is 0. The van der Waals surface area contributed by atoms with Crippen molar-refractivity contribution < 1.29 is 14.7 Å². The molecule has 0 spiro atoms. The van der Waals surface area contributed by atoms with Crippen LogP contribution in [0.3, 0.4) is 0 Å². The van der Waals surface area contributed by atoms with Gasteiger partial charge in [-0.2, -0.15) is 0 Å². The summed E-state index contributed by atoms with van der Waals surface area (Å²) in [5.74, 6) is -1.43. The number of nitrogens with zero attached hydrogens (tertiary/aromatic N) is 2. The van der Waals surface area contributed by atoms with Crippen molar-refractivity contribution in [1.82, 2.24) is 14.9 Å². The fraction of sp³-hybridized carbons (Fsp3) is 0.500. The van der Waals surface area contributed by atoms with Crippen molar-refractivity contribution in [2.45, 2.75) is 52.5 Å². The van der Waals surface area contributed by atoms with Gasteiger partial charge in [-0.05, 0) is 38.3 Å². The Morgan fingerprint density at radius 3 is 2.63 bits per heavy atom. The van der Waals surface area contributed by atoms with Crippen LogP contribution < -0.4 is 10.7 Å². The Labute approximate surface area is 157 Å². The smallest absolute Gasteiger partial charge is 0.311 e. The van der Waals surface area contributed by atoms with Crippen LogP contribution in [0.4, 0.5) is 0 Å². The summed E-state index contributed by atoms with van der Waals surface area (Å²) in [4.78, 5) is 41.5. The van der Waals surface area contributed by atoms with Gasteiger partial charge in [-0.1, -0.05) is 19.3 Å². The summed E-state index contributed by atoms with van der Waals surface area (Å²) in [6.45, 7) is 4.44. The average molecular weight is 371 g/mol. The molecule has 0 bridgehead atoms. The van der Waals surface area contributed by atoms with Gasteiger partial charge in [0.1, 0.15) is 11.1 Å². The molecule has 0 atom stereocenters. The van der Waals surface area contributed by atoms with Crippen molar-refractivity contribution in [2.75, 3.05) is 6.54 Å². The highest BCUT2D eigenvalue weighted by Gasteiger charge is 2.40. The second-order valence-electron chi connectivity index (χ2n) is 7.37. The van der Waals surface area contributed by atoms with E-state index in [2.05, 4.69) is 10.3 Å². The third kappa shape index (κ3) is 3.59. The molecule has 0 aromatic carbocycles. The summed E-state index contributed by atoms with van der Waals surface area (Å²) in [5, 5.41) is 12.3. The lowest BCUT2D eigenvalue weighted by Gasteiger charge is -2.33. The van der Waals surface area contributed by atoms with Crippen LogP contribution in [0, 0.1) is 12.3 Å². The van der Waals surface area contributed by atoms with Gasteiger partial charge in [-0.15, -0.1) is 0 Å². The summed E-state index contributed by atoms with van der Waals surface area (Å²) in [5.41, 5.74) is 0.498. The predicted molar refractivity (Wildman–Crippen MR) is 102 cm³/mol. The second-order valence-corrected chi connectivity index (χ2v) is 7.37. The van der Waals surface area contributed by atoms with Crippen LogP contribution in [0.2, 0.25) is 0 Å². The third-order valence-corrected chi connectivity index (χ3v) is 5.50. The Morgan fingerprint density at radius 1 is 1.30 bits per heavy atom. The number of nitrogens with one attached hydrogen (secondary N) is 1. The van der Waals surface area contributed by atoms with E-state index in [0.29, 0.717) is 24.9 Å². The van der Waals surface area contributed by atoms with E-state index in [-0.39, 0.29) is 17.6 Å². The van der Waals surface area contributed by atoms with Crippen LogP contribution >= 0.6 is 0 Å². The molecular weight excluding hydrogens is 346 g/mol.